The third-order valence-corrected chi connectivity index (χ3v) is 11.1. The van der Waals surface area contributed by atoms with Crippen molar-refractivity contribution < 1.29 is 14.4 Å². The van der Waals surface area contributed by atoms with Crippen LogP contribution in [0.15, 0.2) is 65.1 Å². The van der Waals surface area contributed by atoms with Gasteiger partial charge in [0, 0.05) is 39.8 Å². The summed E-state index contributed by atoms with van der Waals surface area (Å²) in [5.74, 6) is -0.410. The number of rotatable bonds is 14. The van der Waals surface area contributed by atoms with Gasteiger partial charge in [0.2, 0.25) is 17.7 Å². The average Bonchev–Trinajstić information content (AvgIpc) is 3.56. The molecule has 2 heterocycles. The number of hydrogen-bond acceptors (Lipinski definition) is 5. The molecule has 2 aliphatic rings. The molecule has 0 radical (unpaired) electrons. The summed E-state index contributed by atoms with van der Waals surface area (Å²) in [5, 5.41) is 6.95. The minimum Gasteiger partial charge on any atom is -0.366 e. The lowest BCUT2D eigenvalue weighted by Gasteiger charge is -2.19. The lowest BCUT2D eigenvalue weighted by molar-refractivity contribution is -0.117. The molecule has 8 nitrogen and oxygen atoms in total. The molecule has 2 aliphatic heterocycles. The van der Waals surface area contributed by atoms with Crippen LogP contribution in [0.2, 0.25) is 10.0 Å². The molecule has 52 heavy (non-hydrogen) atoms. The van der Waals surface area contributed by atoms with Gasteiger partial charge in [0.15, 0.2) is 0 Å². The Morgan fingerprint density at radius 2 is 1.13 bits per heavy atom. The molecule has 3 aromatic carbocycles. The van der Waals surface area contributed by atoms with Crippen LogP contribution in [-0.4, -0.2) is 66.8 Å². The summed E-state index contributed by atoms with van der Waals surface area (Å²) in [6.07, 6.45) is 15.7. The van der Waals surface area contributed by atoms with E-state index in [-0.39, 0.29) is 11.8 Å². The van der Waals surface area contributed by atoms with E-state index >= 15 is 0 Å². The van der Waals surface area contributed by atoms with E-state index in [0.717, 1.165) is 60.1 Å². The van der Waals surface area contributed by atoms with Crippen molar-refractivity contribution in [3.8, 4) is 11.1 Å². The number of likely N-dealkylation sites (tertiary alicyclic amines) is 2. The molecule has 0 unspecified atom stereocenters. The fraction of sp³-hybridized carbons (Fsp3) is 0.488. The Kier molecular flexibility index (Phi) is 18.5. The third-order valence-electron chi connectivity index (χ3n) is 9.57. The van der Waals surface area contributed by atoms with E-state index < -0.39 is 5.91 Å². The Bertz CT molecular complexity index is 1590. The van der Waals surface area contributed by atoms with Crippen LogP contribution in [0.1, 0.15) is 100 Å². The summed E-state index contributed by atoms with van der Waals surface area (Å²) in [7, 11) is 0. The lowest BCUT2D eigenvalue weighted by atomic mass is 10.0. The van der Waals surface area contributed by atoms with Crippen LogP contribution in [0.3, 0.4) is 0 Å². The molecule has 2 fully saturated rings. The van der Waals surface area contributed by atoms with Crippen molar-refractivity contribution in [3.05, 3.63) is 80.7 Å². The van der Waals surface area contributed by atoms with Crippen LogP contribution in [0.25, 0.3) is 11.1 Å². The van der Waals surface area contributed by atoms with Gasteiger partial charge in [-0.25, -0.2) is 0 Å². The number of primary amides is 1. The van der Waals surface area contributed by atoms with Crippen molar-refractivity contribution in [3.63, 3.8) is 0 Å². The highest BCUT2D eigenvalue weighted by molar-refractivity contribution is 9.10. The van der Waals surface area contributed by atoms with Crippen LogP contribution >= 0.6 is 39.1 Å². The van der Waals surface area contributed by atoms with Gasteiger partial charge in [-0.05, 0) is 155 Å². The second kappa shape index (κ2) is 23.0. The second-order valence-electron chi connectivity index (χ2n) is 13.8. The predicted molar refractivity (Wildman–Crippen MR) is 219 cm³/mol. The highest BCUT2D eigenvalue weighted by Crippen LogP contribution is 2.31. The van der Waals surface area contributed by atoms with Crippen LogP contribution in [0.5, 0.6) is 0 Å². The van der Waals surface area contributed by atoms with E-state index in [1.54, 1.807) is 30.3 Å². The molecule has 0 bridgehead atoms. The van der Waals surface area contributed by atoms with Gasteiger partial charge >= 0.3 is 0 Å². The number of benzene rings is 3. The lowest BCUT2D eigenvalue weighted by Crippen LogP contribution is -2.25. The van der Waals surface area contributed by atoms with E-state index in [0.29, 0.717) is 34.1 Å². The summed E-state index contributed by atoms with van der Waals surface area (Å²) in [5.41, 5.74) is 8.81. The highest BCUT2D eigenvalue weighted by atomic mass is 79.9. The maximum absolute atomic E-state index is 12.3. The number of halogens is 3. The molecular formula is C41H54BrCl2N5O3. The number of unbranched alkanes of at least 4 members (excludes halogenated alkanes) is 2. The number of hydrogen-bond donors (Lipinski definition) is 3. The van der Waals surface area contributed by atoms with E-state index in [9.17, 15) is 14.4 Å². The van der Waals surface area contributed by atoms with Crippen LogP contribution in [0.4, 0.5) is 11.4 Å². The first-order valence-corrected chi connectivity index (χ1v) is 20.4. The van der Waals surface area contributed by atoms with Gasteiger partial charge < -0.3 is 26.2 Å². The number of anilines is 2. The number of nitrogens with zero attached hydrogens (tertiary/aromatic N) is 2. The predicted octanol–water partition coefficient (Wildman–Crippen LogP) is 10.2. The van der Waals surface area contributed by atoms with E-state index in [2.05, 4.69) is 36.4 Å². The van der Waals surface area contributed by atoms with Crippen LogP contribution in [0, 0.1) is 0 Å². The smallest absolute Gasteiger partial charge is 0.248 e. The third kappa shape index (κ3) is 15.2. The normalized spacial score (nSPS) is 15.4. The molecule has 5 rings (SSSR count). The first-order chi connectivity index (χ1) is 25.2. The van der Waals surface area contributed by atoms with Crippen molar-refractivity contribution in [2.45, 2.75) is 89.9 Å². The van der Waals surface area contributed by atoms with Gasteiger partial charge in [-0.3, -0.25) is 14.4 Å². The Balaban J connectivity index is 0.000000244. The largest absolute Gasteiger partial charge is 0.366 e. The quantitative estimate of drug-likeness (QED) is 0.141. The van der Waals surface area contributed by atoms with Crippen molar-refractivity contribution in [1.82, 2.24) is 9.80 Å². The second-order valence-corrected chi connectivity index (χ2v) is 15.5. The number of nitrogens with one attached hydrogen (secondary N) is 2. The maximum atomic E-state index is 12.3. The molecule has 0 aromatic heterocycles. The summed E-state index contributed by atoms with van der Waals surface area (Å²) in [6, 6.07) is 17.9. The van der Waals surface area contributed by atoms with Gasteiger partial charge in [0.05, 0.1) is 10.0 Å². The summed E-state index contributed by atoms with van der Waals surface area (Å²) in [6.45, 7) is 7.04. The van der Waals surface area contributed by atoms with E-state index in [1.807, 2.05) is 30.3 Å². The van der Waals surface area contributed by atoms with Gasteiger partial charge in [0.1, 0.15) is 0 Å². The van der Waals surface area contributed by atoms with Crippen LogP contribution < -0.4 is 16.4 Å². The molecular weight excluding hydrogens is 761 g/mol. The molecule has 0 saturated carbocycles. The van der Waals surface area contributed by atoms with E-state index in [4.69, 9.17) is 28.9 Å². The van der Waals surface area contributed by atoms with Crippen molar-refractivity contribution in [2.24, 2.45) is 5.73 Å². The fourth-order valence-corrected chi connectivity index (χ4v) is 7.37. The first kappa shape index (κ1) is 41.8. The topological polar surface area (TPSA) is 108 Å². The fourth-order valence-electron chi connectivity index (χ4n) is 6.65. The molecule has 2 saturated heterocycles. The average molecular weight is 816 g/mol. The molecule has 4 N–H and O–H groups in total. The van der Waals surface area contributed by atoms with Crippen molar-refractivity contribution >= 4 is 68.2 Å². The SMILES string of the molecule is NC(=O)c1cccc(-c2ccc(NC(=O)CCCCN3CCCCCC3)cc2Cl)c1.O=C(CCCCN1CCCCCC1)Nc1ccc(Br)c(Cl)c1. The van der Waals surface area contributed by atoms with E-state index in [1.165, 1.54) is 77.5 Å². The molecule has 11 heteroatoms. The highest BCUT2D eigenvalue weighted by Gasteiger charge is 2.12. The zero-order valence-corrected chi connectivity index (χ0v) is 33.3. The number of nitrogens with two attached hydrogens (primary N) is 1. The summed E-state index contributed by atoms with van der Waals surface area (Å²) < 4.78 is 0.838. The monoisotopic (exact) mass is 813 g/mol. The first-order valence-electron chi connectivity index (χ1n) is 18.9. The molecule has 3 amide bonds. The van der Waals surface area contributed by atoms with Gasteiger partial charge in [-0.15, -0.1) is 0 Å². The molecule has 0 atom stereocenters. The Morgan fingerprint density at radius 3 is 1.62 bits per heavy atom. The Morgan fingerprint density at radius 1 is 0.635 bits per heavy atom. The van der Waals surface area contributed by atoms with Gasteiger partial charge in [0.25, 0.3) is 0 Å². The van der Waals surface area contributed by atoms with Crippen molar-refractivity contribution in [2.75, 3.05) is 49.9 Å². The molecule has 282 valence electrons. The number of carbonyl (C=O) groups excluding carboxylic acids is 3. The Hall–Kier alpha value is -2.95. The zero-order chi connectivity index (χ0) is 37.1. The zero-order valence-electron chi connectivity index (χ0n) is 30.2. The van der Waals surface area contributed by atoms with Gasteiger partial charge in [-0.2, -0.15) is 0 Å². The van der Waals surface area contributed by atoms with Crippen LogP contribution in [-0.2, 0) is 9.59 Å². The molecule has 0 spiro atoms. The Labute approximate surface area is 328 Å². The van der Waals surface area contributed by atoms with Gasteiger partial charge in [-0.1, -0.05) is 67.1 Å². The molecule has 0 aliphatic carbocycles. The minimum atomic E-state index is -0.479. The maximum Gasteiger partial charge on any atom is 0.248 e. The standard InChI is InChI=1S/C24H30ClN3O2.C17H24BrClN2O/c25-22-17-20(11-12-21(22)18-8-7-9-19(16-18)24(26)30)27-23(29)10-3-6-15-28-13-4-1-2-5-14-28;18-15-9-8-14(13-16(15)19)20-17(22)7-3-6-12-21-10-4-1-2-5-11-21/h7-9,11-12,16-17H,1-6,10,13-15H2,(H2,26,30)(H,27,29);8-9,13H,1-7,10-12H2,(H,20,22). The summed E-state index contributed by atoms with van der Waals surface area (Å²) >= 11 is 15.8. The minimum absolute atomic E-state index is 0.00501. The summed E-state index contributed by atoms with van der Waals surface area (Å²) in [4.78, 5) is 40.7. The molecule has 3 aromatic rings. The van der Waals surface area contributed by atoms with Crippen molar-refractivity contribution in [1.29, 1.82) is 0 Å². The number of amides is 3. The number of carbonyl (C=O) groups is 3.